The van der Waals surface area contributed by atoms with Crippen LogP contribution in [-0.4, -0.2) is 53.9 Å². The third kappa shape index (κ3) is 10.3. The van der Waals surface area contributed by atoms with Crippen LogP contribution in [0.1, 0.15) is 33.6 Å². The molecule has 4 N–H and O–H groups in total. The van der Waals surface area contributed by atoms with Crippen molar-refractivity contribution in [3.63, 3.8) is 0 Å². The lowest BCUT2D eigenvalue weighted by Crippen LogP contribution is -2.36. The second kappa shape index (κ2) is 14.7. The molecule has 33 heavy (non-hydrogen) atoms. The Morgan fingerprint density at radius 2 is 2.00 bits per heavy atom. The maximum Gasteiger partial charge on any atom is 0.250 e. The van der Waals surface area contributed by atoms with E-state index < -0.39 is 17.4 Å². The fourth-order valence-electron chi connectivity index (χ4n) is 2.98. The van der Waals surface area contributed by atoms with Gasteiger partial charge in [-0.1, -0.05) is 19.9 Å². The summed E-state index contributed by atoms with van der Waals surface area (Å²) in [6, 6.07) is 3.56. The Morgan fingerprint density at radius 3 is 2.58 bits per heavy atom. The maximum atomic E-state index is 13.5. The highest BCUT2D eigenvalue weighted by molar-refractivity contribution is 5.95. The molecule has 0 saturated heterocycles. The Morgan fingerprint density at radius 1 is 1.33 bits per heavy atom. The van der Waals surface area contributed by atoms with Gasteiger partial charge in [-0.25, -0.2) is 8.78 Å². The highest BCUT2D eigenvalue weighted by Crippen LogP contribution is 2.26. The third-order valence-corrected chi connectivity index (χ3v) is 4.44. The molecule has 2 amide bonds. The molecule has 0 aromatic heterocycles. The highest BCUT2D eigenvalue weighted by Gasteiger charge is 2.28. The average molecular weight is 467 g/mol. The molecule has 1 unspecified atom stereocenters. The predicted molar refractivity (Wildman–Crippen MR) is 122 cm³/mol. The lowest BCUT2D eigenvalue weighted by molar-refractivity contribution is -0.126. The van der Waals surface area contributed by atoms with Crippen LogP contribution in [0.2, 0.25) is 0 Å². The third-order valence-electron chi connectivity index (χ3n) is 4.44. The molecule has 10 heteroatoms. The van der Waals surface area contributed by atoms with Gasteiger partial charge in [0.05, 0.1) is 6.54 Å². The number of carbonyl (C=O) groups is 2. The van der Waals surface area contributed by atoms with E-state index in [2.05, 4.69) is 24.2 Å². The van der Waals surface area contributed by atoms with Crippen LogP contribution in [0.15, 0.2) is 47.3 Å². The van der Waals surface area contributed by atoms with E-state index in [0.717, 1.165) is 18.6 Å². The largest absolute Gasteiger partial charge is 0.453 e. The number of nitrogens with zero attached hydrogens (tertiary/aromatic N) is 2. The van der Waals surface area contributed by atoms with E-state index in [0.29, 0.717) is 25.3 Å². The first-order valence-electron chi connectivity index (χ1n) is 10.6. The van der Waals surface area contributed by atoms with E-state index in [4.69, 9.17) is 15.6 Å². The zero-order chi connectivity index (χ0) is 24.8. The number of para-hydroxylation sites is 1. The van der Waals surface area contributed by atoms with Gasteiger partial charge in [-0.3, -0.25) is 9.59 Å². The molecule has 2 rings (SSSR count). The molecule has 1 aromatic carbocycles. The molecule has 182 valence electrons. The number of aliphatic hydroxyl groups excluding tert-OH is 1. The first-order valence-corrected chi connectivity index (χ1v) is 10.6. The van der Waals surface area contributed by atoms with Crippen LogP contribution in [0.4, 0.5) is 8.78 Å². The summed E-state index contributed by atoms with van der Waals surface area (Å²) in [5.41, 5.74) is 5.24. The van der Waals surface area contributed by atoms with Gasteiger partial charge in [-0.2, -0.15) is 4.99 Å². The van der Waals surface area contributed by atoms with Gasteiger partial charge in [0, 0.05) is 31.5 Å². The van der Waals surface area contributed by atoms with Crippen LogP contribution < -0.4 is 15.8 Å². The van der Waals surface area contributed by atoms with Crippen LogP contribution in [-0.2, 0) is 9.59 Å². The van der Waals surface area contributed by atoms with E-state index in [1.165, 1.54) is 18.2 Å². The normalized spacial score (nSPS) is 14.8. The summed E-state index contributed by atoms with van der Waals surface area (Å²) < 4.78 is 32.3. The summed E-state index contributed by atoms with van der Waals surface area (Å²) in [5, 5.41) is 11.3. The van der Waals surface area contributed by atoms with Gasteiger partial charge in [0.1, 0.15) is 11.6 Å². The quantitative estimate of drug-likeness (QED) is 0.200. The molecule has 0 spiro atoms. The van der Waals surface area contributed by atoms with E-state index in [9.17, 15) is 18.4 Å². The summed E-state index contributed by atoms with van der Waals surface area (Å²) in [6.45, 7) is 7.17. The summed E-state index contributed by atoms with van der Waals surface area (Å²) in [7, 11) is 0. The fourth-order valence-corrected chi connectivity index (χ4v) is 2.98. The summed E-state index contributed by atoms with van der Waals surface area (Å²) in [5.74, 6) is -1.33. The summed E-state index contributed by atoms with van der Waals surface area (Å²) in [4.78, 5) is 26.7. The summed E-state index contributed by atoms with van der Waals surface area (Å²) in [6.07, 6.45) is 6.27. The molecule has 0 aliphatic carbocycles. The zero-order valence-corrected chi connectivity index (χ0v) is 19.1. The van der Waals surface area contributed by atoms with Crippen molar-refractivity contribution in [2.45, 2.75) is 39.7 Å². The van der Waals surface area contributed by atoms with Crippen LogP contribution in [0, 0.1) is 17.6 Å². The second-order valence-corrected chi connectivity index (χ2v) is 7.73. The molecule has 1 atom stereocenters. The van der Waals surface area contributed by atoms with Crippen LogP contribution in [0.25, 0.3) is 0 Å². The number of carbonyl (C=O) groups excluding carboxylic acids is 2. The molecule has 1 heterocycles. The lowest BCUT2D eigenvalue weighted by atomic mass is 10.0. The topological polar surface area (TPSA) is 117 Å². The minimum Gasteiger partial charge on any atom is -0.453 e. The first-order chi connectivity index (χ1) is 15.7. The number of hydrogen-bond acceptors (Lipinski definition) is 5. The van der Waals surface area contributed by atoms with Crippen molar-refractivity contribution in [2.75, 3.05) is 19.7 Å². The van der Waals surface area contributed by atoms with Gasteiger partial charge in [0.2, 0.25) is 6.41 Å². The number of halogens is 2. The number of amidine groups is 1. The van der Waals surface area contributed by atoms with Gasteiger partial charge < -0.3 is 25.8 Å². The van der Waals surface area contributed by atoms with Crippen molar-refractivity contribution in [1.29, 1.82) is 0 Å². The van der Waals surface area contributed by atoms with Crippen LogP contribution in [0.3, 0.4) is 0 Å². The monoisotopic (exact) mass is 466 g/mol. The fraction of sp³-hybridized carbons (Fsp3) is 0.435. The van der Waals surface area contributed by atoms with Crippen molar-refractivity contribution >= 4 is 18.2 Å². The Kier molecular flexibility index (Phi) is 12.4. The number of rotatable bonds is 11. The molecular formula is C23H32F2N4O4. The van der Waals surface area contributed by atoms with Gasteiger partial charge in [-0.15, -0.1) is 0 Å². The molecule has 1 aliphatic heterocycles. The SMILES string of the molecule is CC(C)CC(C)N1CC(Oc2c(F)cccc2F)=CC1=O.NC(/C=C\NCCCO)=NC=O. The lowest BCUT2D eigenvalue weighted by Gasteiger charge is -2.26. The zero-order valence-electron chi connectivity index (χ0n) is 19.1. The number of aliphatic hydroxyl groups is 1. The Labute approximate surface area is 192 Å². The maximum absolute atomic E-state index is 13.5. The Bertz CT molecular complexity index is 852. The first kappa shape index (κ1) is 27.8. The number of benzene rings is 1. The molecule has 0 bridgehead atoms. The molecule has 1 aromatic rings. The molecule has 8 nitrogen and oxygen atoms in total. The highest BCUT2D eigenvalue weighted by atomic mass is 19.1. The summed E-state index contributed by atoms with van der Waals surface area (Å²) >= 11 is 0. The number of amides is 2. The standard InChI is InChI=1S/C16H19F2NO2.C7H13N3O2/c1-10(2)7-11(3)19-9-12(8-15(19)20)21-16-13(17)5-4-6-14(16)18;8-7(10-6-12)2-4-9-3-1-5-11/h4-6,8,10-11H,7,9H2,1-3H3;2,4,6,9,11H,1,3,5H2,(H2,8,10,12)/b;4-2-. The average Bonchev–Trinajstić information content (AvgIpc) is 3.11. The Balaban J connectivity index is 0.000000389. The number of hydrogen-bond donors (Lipinski definition) is 3. The van der Waals surface area contributed by atoms with Crippen molar-refractivity contribution < 1.29 is 28.2 Å². The second-order valence-electron chi connectivity index (χ2n) is 7.73. The minimum atomic E-state index is -0.781. The molecule has 0 fully saturated rings. The van der Waals surface area contributed by atoms with Gasteiger partial charge >= 0.3 is 0 Å². The van der Waals surface area contributed by atoms with Crippen LogP contribution in [0.5, 0.6) is 5.75 Å². The smallest absolute Gasteiger partial charge is 0.250 e. The van der Waals surface area contributed by atoms with E-state index >= 15 is 0 Å². The van der Waals surface area contributed by atoms with Crippen molar-refractivity contribution in [3.05, 3.63) is 53.9 Å². The van der Waals surface area contributed by atoms with Crippen molar-refractivity contribution in [1.82, 2.24) is 10.2 Å². The van der Waals surface area contributed by atoms with Crippen molar-refractivity contribution in [2.24, 2.45) is 16.6 Å². The van der Waals surface area contributed by atoms with Crippen molar-refractivity contribution in [3.8, 4) is 5.75 Å². The number of aliphatic imine (C=N–C) groups is 1. The number of nitrogens with two attached hydrogens (primary N) is 1. The van der Waals surface area contributed by atoms with E-state index in [-0.39, 0.29) is 36.7 Å². The number of nitrogens with one attached hydrogen (secondary N) is 1. The molecule has 1 aliphatic rings. The van der Waals surface area contributed by atoms with Crippen LogP contribution >= 0.6 is 0 Å². The van der Waals surface area contributed by atoms with E-state index in [1.807, 2.05) is 6.92 Å². The van der Waals surface area contributed by atoms with E-state index in [1.54, 1.807) is 11.1 Å². The predicted octanol–water partition coefficient (Wildman–Crippen LogP) is 2.49. The Hall–Kier alpha value is -3.27. The van der Waals surface area contributed by atoms with Gasteiger partial charge in [0.15, 0.2) is 17.4 Å². The van der Waals surface area contributed by atoms with Gasteiger partial charge in [0.25, 0.3) is 5.91 Å². The molecule has 0 saturated carbocycles. The molecular weight excluding hydrogens is 434 g/mol. The minimum absolute atomic E-state index is 0.0558. The number of ether oxygens (including phenoxy) is 1. The molecule has 0 radical (unpaired) electrons. The van der Waals surface area contributed by atoms with Gasteiger partial charge in [-0.05, 0) is 43.9 Å².